The zero-order chi connectivity index (χ0) is 52.9. The summed E-state index contributed by atoms with van der Waals surface area (Å²) in [5, 5.41) is 16.5. The third-order valence-corrected chi connectivity index (χ3v) is 13.8. The van der Waals surface area contributed by atoms with Crippen molar-refractivity contribution in [2.24, 2.45) is 0 Å². The predicted octanol–water partition coefficient (Wildman–Crippen LogP) is 17.8. The Kier molecular flexibility index (Phi) is 13.7. The minimum atomic E-state index is -0.0498. The topological polar surface area (TPSA) is 48.4 Å². The molecule has 5 heterocycles. The van der Waals surface area contributed by atoms with Gasteiger partial charge in [-0.25, -0.2) is 0 Å². The molecule has 6 heteroatoms. The first-order chi connectivity index (χ1) is 34.4. The zero-order valence-electron chi connectivity index (χ0n) is 46.2. The van der Waals surface area contributed by atoms with Gasteiger partial charge in [0.25, 0.3) is 0 Å². The Labute approximate surface area is 434 Å². The highest BCUT2D eigenvalue weighted by atomic mass is 15.1. The van der Waals surface area contributed by atoms with E-state index in [4.69, 9.17) is 11.7 Å². The summed E-state index contributed by atoms with van der Waals surface area (Å²) in [6, 6.07) is 55.7. The van der Waals surface area contributed by atoms with E-state index < -0.39 is 0 Å². The number of aromatic nitrogens is 5. The average Bonchev–Trinajstić information content (AvgIpc) is 4.14. The standard InChI is InChI=1S/C28H24N2.C19H16N2.2C10H17N/c1-28(2,3)30-25-17-9-6-13-21(25)22-14-10-18-26(27(22)30)29-23-15-7-4-11-19(23)20-12-5-8-16-24(20)29;1-5-13-6-8-17-15(10-13)16-11-14(12-20)7-9-18(16)21(17)19(2,3)4;2*1-8-6-7-9(2)11(8)10(3,4)5/h4-18H,1-3H3;1,6-11H,2-4H3;2*6-7H,1-5H3. The van der Waals surface area contributed by atoms with E-state index in [1.165, 1.54) is 72.1 Å². The summed E-state index contributed by atoms with van der Waals surface area (Å²) >= 11 is 0. The number of nitriles is 1. The zero-order valence-corrected chi connectivity index (χ0v) is 46.2. The molecule has 0 N–H and O–H groups in total. The van der Waals surface area contributed by atoms with Gasteiger partial charge in [0.15, 0.2) is 0 Å². The van der Waals surface area contributed by atoms with E-state index in [2.05, 4.69) is 267 Å². The van der Waals surface area contributed by atoms with E-state index in [0.29, 0.717) is 5.56 Å². The van der Waals surface area contributed by atoms with Crippen LogP contribution in [0.3, 0.4) is 0 Å². The predicted molar refractivity (Wildman–Crippen MR) is 314 cm³/mol. The van der Waals surface area contributed by atoms with E-state index in [9.17, 15) is 0 Å². The van der Waals surface area contributed by atoms with Crippen molar-refractivity contribution < 1.29 is 0 Å². The number of rotatable bonds is 1. The first-order valence-corrected chi connectivity index (χ1v) is 25.6. The number of benzene rings is 6. The molecule has 0 saturated heterocycles. The molecule has 372 valence electrons. The number of para-hydroxylation sites is 4. The maximum absolute atomic E-state index is 9.15. The van der Waals surface area contributed by atoms with Gasteiger partial charge in [-0.05, 0) is 196 Å². The summed E-state index contributed by atoms with van der Waals surface area (Å²) < 4.78 is 12.0. The fourth-order valence-electron chi connectivity index (χ4n) is 11.4. The minimum absolute atomic E-state index is 0.0454. The molecule has 0 bridgehead atoms. The van der Waals surface area contributed by atoms with Crippen molar-refractivity contribution in [3.8, 4) is 24.1 Å². The quantitative estimate of drug-likeness (QED) is 0.151. The van der Waals surface area contributed by atoms with Gasteiger partial charge in [-0.1, -0.05) is 72.7 Å². The molecule has 11 aromatic rings. The van der Waals surface area contributed by atoms with E-state index >= 15 is 0 Å². The molecule has 11 rings (SSSR count). The van der Waals surface area contributed by atoms with Crippen molar-refractivity contribution in [3.05, 3.63) is 186 Å². The first-order valence-electron chi connectivity index (χ1n) is 25.6. The second-order valence-electron chi connectivity index (χ2n) is 23.5. The number of terminal acetylenes is 1. The fraction of sp³-hybridized carbons (Fsp3) is 0.299. The second kappa shape index (κ2) is 19.4. The Bertz CT molecular complexity index is 3680. The van der Waals surface area contributed by atoms with Crippen LogP contribution in [0.25, 0.3) is 71.1 Å². The van der Waals surface area contributed by atoms with Crippen LogP contribution in [0.15, 0.2) is 152 Å². The van der Waals surface area contributed by atoms with Crippen LogP contribution in [0.5, 0.6) is 0 Å². The Balaban J connectivity index is 0.000000143. The molecule has 0 atom stereocenters. The molecule has 0 spiro atoms. The van der Waals surface area contributed by atoms with Crippen LogP contribution in [0, 0.1) is 51.4 Å². The van der Waals surface area contributed by atoms with Crippen molar-refractivity contribution >= 4 is 65.4 Å². The lowest BCUT2D eigenvalue weighted by Crippen LogP contribution is -2.23. The number of hydrogen-bond donors (Lipinski definition) is 0. The smallest absolute Gasteiger partial charge is 0.0991 e. The van der Waals surface area contributed by atoms with Gasteiger partial charge >= 0.3 is 0 Å². The monoisotopic (exact) mass is 963 g/mol. The fourth-order valence-corrected chi connectivity index (χ4v) is 11.4. The highest BCUT2D eigenvalue weighted by molar-refractivity contribution is 6.14. The molecule has 0 amide bonds. The van der Waals surface area contributed by atoms with Crippen molar-refractivity contribution in [1.82, 2.24) is 22.8 Å². The van der Waals surface area contributed by atoms with Crippen LogP contribution in [-0.2, 0) is 22.2 Å². The summed E-state index contributed by atoms with van der Waals surface area (Å²) in [7, 11) is 0. The van der Waals surface area contributed by atoms with E-state index in [-0.39, 0.29) is 22.2 Å². The maximum atomic E-state index is 9.15. The number of nitrogens with zero attached hydrogens (tertiary/aromatic N) is 6. The normalized spacial score (nSPS) is 12.1. The second-order valence-corrected chi connectivity index (χ2v) is 23.5. The minimum Gasteiger partial charge on any atom is -0.344 e. The molecular formula is C67H74N6. The SMILES string of the molecule is C#Cc1ccc2c(c1)c1cc(C#N)ccc1n2C(C)(C)C.CC(C)(C)n1c2ccccc2c2cccc(-n3c4ccccc4c4ccccc43)c21.Cc1ccc(C)n1C(C)(C)C.Cc1ccc(C)n1C(C)(C)C. The summed E-state index contributed by atoms with van der Waals surface area (Å²) in [6.45, 7) is 35.4. The average molecular weight is 963 g/mol. The van der Waals surface area contributed by atoms with Gasteiger partial charge in [0.1, 0.15) is 0 Å². The van der Waals surface area contributed by atoms with Gasteiger partial charge in [-0.3, -0.25) is 0 Å². The molecule has 6 aromatic carbocycles. The van der Waals surface area contributed by atoms with Crippen molar-refractivity contribution in [2.45, 2.75) is 133 Å². The molecule has 0 saturated carbocycles. The highest BCUT2D eigenvalue weighted by Gasteiger charge is 2.25. The molecule has 0 fully saturated rings. The molecule has 73 heavy (non-hydrogen) atoms. The molecule has 0 aliphatic rings. The van der Waals surface area contributed by atoms with E-state index in [1.54, 1.807) is 0 Å². The molecule has 5 aromatic heterocycles. The molecule has 0 unspecified atom stereocenters. The van der Waals surface area contributed by atoms with Gasteiger partial charge in [0.05, 0.1) is 33.9 Å². The van der Waals surface area contributed by atoms with Crippen LogP contribution in [-0.4, -0.2) is 22.8 Å². The van der Waals surface area contributed by atoms with Gasteiger partial charge in [0.2, 0.25) is 0 Å². The lowest BCUT2D eigenvalue weighted by molar-refractivity contribution is 0.383. The third-order valence-electron chi connectivity index (χ3n) is 13.8. The molecule has 0 aliphatic carbocycles. The van der Waals surface area contributed by atoms with Gasteiger partial charge in [0, 0.05) is 99.4 Å². The molecular weight excluding hydrogens is 889 g/mol. The highest BCUT2D eigenvalue weighted by Crippen LogP contribution is 2.41. The Hall–Kier alpha value is -7.67. The maximum Gasteiger partial charge on any atom is 0.0991 e. The van der Waals surface area contributed by atoms with Gasteiger partial charge in [-0.15, -0.1) is 6.42 Å². The Morgan fingerprint density at radius 3 is 1.11 bits per heavy atom. The van der Waals surface area contributed by atoms with E-state index in [1.807, 2.05) is 30.3 Å². The van der Waals surface area contributed by atoms with Crippen molar-refractivity contribution in [3.63, 3.8) is 0 Å². The summed E-state index contributed by atoms with van der Waals surface area (Å²) in [5.74, 6) is 2.69. The Morgan fingerprint density at radius 2 is 0.712 bits per heavy atom. The van der Waals surface area contributed by atoms with Crippen LogP contribution < -0.4 is 0 Å². The van der Waals surface area contributed by atoms with Crippen molar-refractivity contribution in [1.29, 1.82) is 5.26 Å². The van der Waals surface area contributed by atoms with E-state index in [0.717, 1.165) is 27.4 Å². The molecule has 0 aliphatic heterocycles. The number of fused-ring (bicyclic) bond motifs is 9. The molecule has 6 nitrogen and oxygen atoms in total. The van der Waals surface area contributed by atoms with Gasteiger partial charge < -0.3 is 22.8 Å². The summed E-state index contributed by atoms with van der Waals surface area (Å²) in [4.78, 5) is 0. The van der Waals surface area contributed by atoms with Crippen LogP contribution in [0.1, 0.15) is 117 Å². The first kappa shape index (κ1) is 51.7. The lowest BCUT2D eigenvalue weighted by atomic mass is 10.1. The van der Waals surface area contributed by atoms with Gasteiger partial charge in [-0.2, -0.15) is 5.26 Å². The number of aryl methyl sites for hydroxylation is 4. The van der Waals surface area contributed by atoms with Crippen LogP contribution in [0.4, 0.5) is 0 Å². The largest absolute Gasteiger partial charge is 0.344 e. The summed E-state index contributed by atoms with van der Waals surface area (Å²) in [5.41, 5.74) is 15.8. The van der Waals surface area contributed by atoms with Crippen LogP contribution in [0.2, 0.25) is 0 Å². The number of hydrogen-bond acceptors (Lipinski definition) is 1. The third kappa shape index (κ3) is 9.84. The Morgan fingerprint density at radius 1 is 0.356 bits per heavy atom. The van der Waals surface area contributed by atoms with Crippen LogP contribution >= 0.6 is 0 Å². The summed E-state index contributed by atoms with van der Waals surface area (Å²) in [6.07, 6.45) is 5.52. The van der Waals surface area contributed by atoms with Crippen molar-refractivity contribution in [2.75, 3.05) is 0 Å². The lowest BCUT2D eigenvalue weighted by Gasteiger charge is -2.25. The molecule has 0 radical (unpaired) electrons.